The van der Waals surface area contributed by atoms with Gasteiger partial charge in [0.05, 0.1) is 0 Å². The minimum Gasteiger partial charge on any atom is -0.354 e. The van der Waals surface area contributed by atoms with Crippen molar-refractivity contribution in [2.75, 3.05) is 18.8 Å². The number of hydrogen-bond acceptors (Lipinski definition) is 6. The fourth-order valence-electron chi connectivity index (χ4n) is 3.65. The SMILES string of the molecule is C[C@H](CS)C(=O)NCCN(Cc1ccc(-c2ccccc2-c2nnn[nH]2)cc1)C(=O)C1CC1. The number of tetrazole rings is 1. The third-order valence-electron chi connectivity index (χ3n) is 5.81. The maximum Gasteiger partial charge on any atom is 0.226 e. The van der Waals surface area contributed by atoms with Crippen molar-refractivity contribution >= 4 is 24.4 Å². The number of H-pyrrole nitrogens is 1. The van der Waals surface area contributed by atoms with E-state index in [1.54, 1.807) is 0 Å². The number of hydrogen-bond donors (Lipinski definition) is 3. The first-order valence-electron chi connectivity index (χ1n) is 11.2. The molecule has 9 heteroatoms. The first kappa shape index (κ1) is 23.0. The second kappa shape index (κ2) is 10.6. The lowest BCUT2D eigenvalue weighted by Crippen LogP contribution is -2.40. The summed E-state index contributed by atoms with van der Waals surface area (Å²) in [6, 6.07) is 16.1. The van der Waals surface area contributed by atoms with Gasteiger partial charge in [0.25, 0.3) is 0 Å². The molecule has 1 aliphatic carbocycles. The molecule has 4 rings (SSSR count). The zero-order valence-corrected chi connectivity index (χ0v) is 19.5. The Hall–Kier alpha value is -3.20. The molecule has 2 aromatic carbocycles. The van der Waals surface area contributed by atoms with Gasteiger partial charge in [0.2, 0.25) is 11.8 Å². The Labute approximate surface area is 198 Å². The molecule has 1 fully saturated rings. The van der Waals surface area contributed by atoms with E-state index in [1.807, 2.05) is 60.4 Å². The van der Waals surface area contributed by atoms with E-state index in [2.05, 4.69) is 38.6 Å². The Morgan fingerprint density at radius 2 is 1.88 bits per heavy atom. The summed E-state index contributed by atoms with van der Waals surface area (Å²) in [5, 5.41) is 17.1. The van der Waals surface area contributed by atoms with Gasteiger partial charge in [-0.05, 0) is 40.0 Å². The van der Waals surface area contributed by atoms with E-state index < -0.39 is 0 Å². The molecule has 1 saturated carbocycles. The van der Waals surface area contributed by atoms with Gasteiger partial charge >= 0.3 is 0 Å². The van der Waals surface area contributed by atoms with Crippen LogP contribution in [0.5, 0.6) is 0 Å². The number of rotatable bonds is 10. The molecule has 0 radical (unpaired) electrons. The first-order chi connectivity index (χ1) is 16.1. The Balaban J connectivity index is 1.45. The van der Waals surface area contributed by atoms with Crippen molar-refractivity contribution in [1.82, 2.24) is 30.8 Å². The van der Waals surface area contributed by atoms with Crippen molar-refractivity contribution in [3.63, 3.8) is 0 Å². The summed E-state index contributed by atoms with van der Waals surface area (Å²) in [6.07, 6.45) is 1.90. The summed E-state index contributed by atoms with van der Waals surface area (Å²) >= 11 is 4.17. The lowest BCUT2D eigenvalue weighted by atomic mass is 9.98. The summed E-state index contributed by atoms with van der Waals surface area (Å²) in [5.74, 6) is 1.22. The number of thiol groups is 1. The number of amides is 2. The van der Waals surface area contributed by atoms with Gasteiger partial charge in [0, 0.05) is 42.8 Å². The van der Waals surface area contributed by atoms with Crippen molar-refractivity contribution in [3.8, 4) is 22.5 Å². The summed E-state index contributed by atoms with van der Waals surface area (Å²) in [4.78, 5) is 26.7. The number of carbonyl (C=O) groups is 2. The van der Waals surface area contributed by atoms with Gasteiger partial charge in [-0.2, -0.15) is 12.6 Å². The molecule has 2 N–H and O–H groups in total. The molecule has 1 aromatic heterocycles. The van der Waals surface area contributed by atoms with Crippen molar-refractivity contribution in [1.29, 1.82) is 0 Å². The molecule has 33 heavy (non-hydrogen) atoms. The molecule has 1 heterocycles. The minimum atomic E-state index is -0.149. The standard InChI is InChI=1S/C24H28N6O2S/c1-16(15-33)23(31)25-12-13-30(24(32)19-10-11-19)14-17-6-8-18(9-7-17)20-4-2-3-5-21(20)22-26-28-29-27-22/h2-9,16,19,33H,10-15H2,1H3,(H,25,31)(H,26,27,28,29)/t16-/m1/s1. The van der Waals surface area contributed by atoms with Gasteiger partial charge in [-0.3, -0.25) is 9.59 Å². The molecule has 172 valence electrons. The second-order valence-electron chi connectivity index (χ2n) is 8.40. The predicted molar refractivity (Wildman–Crippen MR) is 129 cm³/mol. The third kappa shape index (κ3) is 5.78. The highest BCUT2D eigenvalue weighted by Crippen LogP contribution is 2.32. The van der Waals surface area contributed by atoms with E-state index >= 15 is 0 Å². The quantitative estimate of drug-likeness (QED) is 0.400. The van der Waals surface area contributed by atoms with Gasteiger partial charge < -0.3 is 10.2 Å². The number of carbonyl (C=O) groups excluding carboxylic acids is 2. The van der Waals surface area contributed by atoms with Gasteiger partial charge in [-0.25, -0.2) is 5.10 Å². The summed E-state index contributed by atoms with van der Waals surface area (Å²) in [7, 11) is 0. The second-order valence-corrected chi connectivity index (χ2v) is 8.77. The summed E-state index contributed by atoms with van der Waals surface area (Å²) < 4.78 is 0. The lowest BCUT2D eigenvalue weighted by Gasteiger charge is -2.24. The number of aromatic amines is 1. The number of nitrogens with zero attached hydrogens (tertiary/aromatic N) is 4. The molecule has 0 aliphatic heterocycles. The molecule has 8 nitrogen and oxygen atoms in total. The van der Waals surface area contributed by atoms with Crippen LogP contribution in [0.15, 0.2) is 48.5 Å². The van der Waals surface area contributed by atoms with Crippen molar-refractivity contribution in [2.24, 2.45) is 11.8 Å². The molecule has 0 bridgehead atoms. The van der Waals surface area contributed by atoms with Crippen LogP contribution in [0.4, 0.5) is 0 Å². The van der Waals surface area contributed by atoms with Crippen molar-refractivity contribution in [3.05, 3.63) is 54.1 Å². The third-order valence-corrected chi connectivity index (χ3v) is 6.35. The van der Waals surface area contributed by atoms with Crippen LogP contribution < -0.4 is 5.32 Å². The van der Waals surface area contributed by atoms with Crippen LogP contribution in [0.2, 0.25) is 0 Å². The molecule has 3 aromatic rings. The highest BCUT2D eigenvalue weighted by atomic mass is 32.1. The molecule has 2 amide bonds. The monoisotopic (exact) mass is 464 g/mol. The van der Waals surface area contributed by atoms with Crippen LogP contribution in [0.1, 0.15) is 25.3 Å². The smallest absolute Gasteiger partial charge is 0.226 e. The topological polar surface area (TPSA) is 104 Å². The average molecular weight is 465 g/mol. The average Bonchev–Trinajstić information content (AvgIpc) is 3.56. The number of nitrogens with one attached hydrogen (secondary N) is 2. The Kier molecular flexibility index (Phi) is 7.39. The highest BCUT2D eigenvalue weighted by molar-refractivity contribution is 7.80. The Bertz CT molecular complexity index is 1080. The Morgan fingerprint density at radius 3 is 2.52 bits per heavy atom. The van der Waals surface area contributed by atoms with E-state index in [4.69, 9.17) is 0 Å². The number of aromatic nitrogens is 4. The molecule has 1 aliphatic rings. The van der Waals surface area contributed by atoms with Gasteiger partial charge in [-0.15, -0.1) is 5.10 Å². The van der Waals surface area contributed by atoms with Crippen molar-refractivity contribution in [2.45, 2.75) is 26.3 Å². The normalized spacial score (nSPS) is 14.0. The first-order valence-corrected chi connectivity index (χ1v) is 11.8. The molecule has 0 unspecified atom stereocenters. The van der Waals surface area contributed by atoms with Crippen LogP contribution in [-0.2, 0) is 16.1 Å². The van der Waals surface area contributed by atoms with Gasteiger partial charge in [-0.1, -0.05) is 55.5 Å². The molecule has 0 saturated heterocycles. The van der Waals surface area contributed by atoms with E-state index in [1.165, 1.54) is 0 Å². The maximum absolute atomic E-state index is 12.8. The lowest BCUT2D eigenvalue weighted by molar-refractivity contribution is -0.133. The highest BCUT2D eigenvalue weighted by Gasteiger charge is 2.33. The van der Waals surface area contributed by atoms with Crippen LogP contribution in [-0.4, -0.2) is 56.2 Å². The van der Waals surface area contributed by atoms with Gasteiger partial charge in [0.1, 0.15) is 0 Å². The van der Waals surface area contributed by atoms with Crippen LogP contribution in [0.3, 0.4) is 0 Å². The molecular formula is C24H28N6O2S. The van der Waals surface area contributed by atoms with Crippen LogP contribution >= 0.6 is 12.6 Å². The largest absolute Gasteiger partial charge is 0.354 e. The summed E-state index contributed by atoms with van der Waals surface area (Å²) in [5.41, 5.74) is 4.03. The molecular weight excluding hydrogens is 436 g/mol. The van der Waals surface area contributed by atoms with Crippen LogP contribution in [0, 0.1) is 11.8 Å². The zero-order valence-electron chi connectivity index (χ0n) is 18.6. The van der Waals surface area contributed by atoms with E-state index in [0.717, 1.165) is 35.1 Å². The fourth-order valence-corrected chi connectivity index (χ4v) is 3.82. The Morgan fingerprint density at radius 1 is 1.15 bits per heavy atom. The maximum atomic E-state index is 12.8. The minimum absolute atomic E-state index is 0.0335. The molecule has 0 spiro atoms. The molecule has 1 atom stereocenters. The van der Waals surface area contributed by atoms with Gasteiger partial charge in [0.15, 0.2) is 5.82 Å². The fraction of sp³-hybridized carbons (Fsp3) is 0.375. The van der Waals surface area contributed by atoms with Crippen molar-refractivity contribution < 1.29 is 9.59 Å². The number of benzene rings is 2. The van der Waals surface area contributed by atoms with Crippen LogP contribution in [0.25, 0.3) is 22.5 Å². The van der Waals surface area contributed by atoms with E-state index in [0.29, 0.717) is 31.2 Å². The van der Waals surface area contributed by atoms with E-state index in [9.17, 15) is 9.59 Å². The predicted octanol–water partition coefficient (Wildman–Crippen LogP) is 2.95. The van der Waals surface area contributed by atoms with E-state index in [-0.39, 0.29) is 23.7 Å². The summed E-state index contributed by atoms with van der Waals surface area (Å²) in [6.45, 7) is 3.28. The zero-order chi connectivity index (χ0) is 23.2.